The molecule has 1 aliphatic carbocycles. The van der Waals surface area contributed by atoms with Gasteiger partial charge < -0.3 is 10.6 Å². The van der Waals surface area contributed by atoms with Gasteiger partial charge in [0.25, 0.3) is 0 Å². The van der Waals surface area contributed by atoms with Crippen LogP contribution in [0.4, 0.5) is 11.5 Å². The molecule has 3 rings (SSSR count). The van der Waals surface area contributed by atoms with E-state index < -0.39 is 4.92 Å². The van der Waals surface area contributed by atoms with Crippen molar-refractivity contribution in [2.24, 2.45) is 17.6 Å². The number of nitriles is 1. The van der Waals surface area contributed by atoms with Gasteiger partial charge in [-0.3, -0.25) is 10.1 Å². The minimum absolute atomic E-state index is 0.0663. The van der Waals surface area contributed by atoms with Crippen molar-refractivity contribution in [3.8, 4) is 6.07 Å². The first-order valence-electron chi connectivity index (χ1n) is 7.14. The highest BCUT2D eigenvalue weighted by Crippen LogP contribution is 2.40. The summed E-state index contributed by atoms with van der Waals surface area (Å²) in [6.45, 7) is 1.50. The first-order chi connectivity index (χ1) is 10.1. The smallest absolute Gasteiger partial charge is 0.329 e. The first kappa shape index (κ1) is 13.8. The predicted octanol–water partition coefficient (Wildman–Crippen LogP) is 1.43. The molecule has 1 aromatic rings. The molecule has 1 saturated carbocycles. The van der Waals surface area contributed by atoms with Gasteiger partial charge in [-0.15, -0.1) is 0 Å². The fourth-order valence-electron chi connectivity index (χ4n) is 3.59. The number of nitrogens with zero attached hydrogens (tertiary/aromatic N) is 4. The molecule has 1 aromatic heterocycles. The second-order valence-electron chi connectivity index (χ2n) is 5.90. The Balaban J connectivity index is 1.92. The Labute approximate surface area is 122 Å². The summed E-state index contributed by atoms with van der Waals surface area (Å²) in [6.07, 6.45) is 4.51. The van der Waals surface area contributed by atoms with Crippen LogP contribution in [0.5, 0.6) is 0 Å². The molecule has 2 aliphatic rings. The SMILES string of the molecule is N#Cc1ccnc(N2C[C@H]3CCC(N)C[C@H]3C2)c1[N+](=O)[O-]. The zero-order valence-electron chi connectivity index (χ0n) is 11.6. The van der Waals surface area contributed by atoms with Gasteiger partial charge in [0, 0.05) is 25.3 Å². The lowest BCUT2D eigenvalue weighted by atomic mass is 9.79. The molecule has 0 amide bonds. The lowest BCUT2D eigenvalue weighted by Gasteiger charge is -2.27. The summed E-state index contributed by atoms with van der Waals surface area (Å²) in [5.74, 6) is 1.32. The zero-order chi connectivity index (χ0) is 15.0. The summed E-state index contributed by atoms with van der Waals surface area (Å²) in [5, 5.41) is 20.4. The van der Waals surface area contributed by atoms with E-state index in [0.29, 0.717) is 17.7 Å². The van der Waals surface area contributed by atoms with Crippen LogP contribution in [-0.2, 0) is 0 Å². The highest BCUT2D eigenvalue weighted by atomic mass is 16.6. The zero-order valence-corrected chi connectivity index (χ0v) is 11.6. The molecule has 3 atom stereocenters. The first-order valence-corrected chi connectivity index (χ1v) is 7.14. The molecule has 2 fully saturated rings. The molecule has 1 aliphatic heterocycles. The van der Waals surface area contributed by atoms with Crippen LogP contribution in [0.1, 0.15) is 24.8 Å². The molecule has 7 nitrogen and oxygen atoms in total. The maximum absolute atomic E-state index is 11.3. The van der Waals surface area contributed by atoms with Crippen LogP contribution in [0.3, 0.4) is 0 Å². The van der Waals surface area contributed by atoms with Crippen molar-refractivity contribution in [1.82, 2.24) is 4.98 Å². The van der Waals surface area contributed by atoms with Gasteiger partial charge in [-0.1, -0.05) is 0 Å². The fourth-order valence-corrected chi connectivity index (χ4v) is 3.59. The molecule has 0 aromatic carbocycles. The second-order valence-corrected chi connectivity index (χ2v) is 5.90. The molecule has 1 saturated heterocycles. The van der Waals surface area contributed by atoms with E-state index in [-0.39, 0.29) is 17.3 Å². The van der Waals surface area contributed by atoms with E-state index in [4.69, 9.17) is 11.0 Å². The molecule has 0 radical (unpaired) electrons. The van der Waals surface area contributed by atoms with Gasteiger partial charge in [-0.25, -0.2) is 4.98 Å². The summed E-state index contributed by atoms with van der Waals surface area (Å²) in [5.41, 5.74) is 5.90. The molecule has 0 spiro atoms. The third-order valence-corrected chi connectivity index (χ3v) is 4.60. The molecule has 21 heavy (non-hydrogen) atoms. The Morgan fingerprint density at radius 1 is 1.43 bits per heavy atom. The molecule has 7 heteroatoms. The van der Waals surface area contributed by atoms with Crippen LogP contribution in [0, 0.1) is 33.3 Å². The topological polar surface area (TPSA) is 109 Å². The molecular weight excluding hydrogens is 270 g/mol. The summed E-state index contributed by atoms with van der Waals surface area (Å²) in [7, 11) is 0. The predicted molar refractivity (Wildman–Crippen MR) is 76.6 cm³/mol. The highest BCUT2D eigenvalue weighted by Gasteiger charge is 2.39. The van der Waals surface area contributed by atoms with Crippen LogP contribution >= 0.6 is 0 Å². The van der Waals surface area contributed by atoms with Gasteiger partial charge in [0.1, 0.15) is 11.6 Å². The molecule has 2 heterocycles. The molecule has 1 unspecified atom stereocenters. The van der Waals surface area contributed by atoms with Gasteiger partial charge in [0.05, 0.1) is 4.92 Å². The van der Waals surface area contributed by atoms with E-state index in [0.717, 1.165) is 32.4 Å². The van der Waals surface area contributed by atoms with Crippen LogP contribution in [0.25, 0.3) is 0 Å². The van der Waals surface area contributed by atoms with Crippen molar-refractivity contribution in [3.05, 3.63) is 27.9 Å². The maximum atomic E-state index is 11.3. The monoisotopic (exact) mass is 287 g/mol. The number of nitro groups is 1. The minimum Gasteiger partial charge on any atom is -0.350 e. The molecular formula is C14H17N5O2. The molecule has 0 bridgehead atoms. The van der Waals surface area contributed by atoms with E-state index in [1.165, 1.54) is 12.3 Å². The normalized spacial score (nSPS) is 28.0. The highest BCUT2D eigenvalue weighted by molar-refractivity contribution is 5.65. The molecule has 2 N–H and O–H groups in total. The lowest BCUT2D eigenvalue weighted by molar-refractivity contribution is -0.384. The number of aromatic nitrogens is 1. The van der Waals surface area contributed by atoms with E-state index in [2.05, 4.69) is 4.98 Å². The third kappa shape index (κ3) is 2.43. The van der Waals surface area contributed by atoms with Crippen molar-refractivity contribution in [3.63, 3.8) is 0 Å². The second kappa shape index (κ2) is 5.30. The number of pyridine rings is 1. The van der Waals surface area contributed by atoms with Crippen LogP contribution in [0.2, 0.25) is 0 Å². The number of nitrogens with two attached hydrogens (primary N) is 1. The Morgan fingerprint density at radius 3 is 2.90 bits per heavy atom. The number of rotatable bonds is 2. The molecule has 110 valence electrons. The summed E-state index contributed by atoms with van der Waals surface area (Å²) >= 11 is 0. The van der Waals surface area contributed by atoms with Gasteiger partial charge in [-0.05, 0) is 37.2 Å². The Bertz CT molecular complexity index is 612. The average Bonchev–Trinajstić information content (AvgIpc) is 2.89. The maximum Gasteiger partial charge on any atom is 0.329 e. The Hall–Kier alpha value is -2.20. The van der Waals surface area contributed by atoms with E-state index in [1.54, 1.807) is 0 Å². The van der Waals surface area contributed by atoms with Gasteiger partial charge in [-0.2, -0.15) is 5.26 Å². The standard InChI is InChI=1S/C14H17N5O2/c15-6-9-3-4-17-14(13(9)19(20)21)18-7-10-1-2-12(16)5-11(10)8-18/h3-4,10-12H,1-2,5,7-8,16H2/t10-,11+,12?/m1/s1. The fraction of sp³-hybridized carbons (Fsp3) is 0.571. The third-order valence-electron chi connectivity index (χ3n) is 4.60. The van der Waals surface area contributed by atoms with Crippen molar-refractivity contribution >= 4 is 11.5 Å². The number of hydrogen-bond donors (Lipinski definition) is 1. The van der Waals surface area contributed by atoms with E-state index in [9.17, 15) is 10.1 Å². The largest absolute Gasteiger partial charge is 0.350 e. The van der Waals surface area contributed by atoms with E-state index >= 15 is 0 Å². The number of hydrogen-bond acceptors (Lipinski definition) is 6. The lowest BCUT2D eigenvalue weighted by Crippen LogP contribution is -2.32. The average molecular weight is 287 g/mol. The Kier molecular flexibility index (Phi) is 3.47. The summed E-state index contributed by atoms with van der Waals surface area (Å²) < 4.78 is 0. The van der Waals surface area contributed by atoms with Crippen LogP contribution < -0.4 is 10.6 Å². The van der Waals surface area contributed by atoms with Gasteiger partial charge in [0.15, 0.2) is 0 Å². The Morgan fingerprint density at radius 2 is 2.19 bits per heavy atom. The van der Waals surface area contributed by atoms with Crippen molar-refractivity contribution in [2.45, 2.75) is 25.3 Å². The number of fused-ring (bicyclic) bond motifs is 1. The van der Waals surface area contributed by atoms with Crippen LogP contribution in [-0.4, -0.2) is 29.0 Å². The quantitative estimate of drug-likeness (QED) is 0.651. The van der Waals surface area contributed by atoms with Crippen molar-refractivity contribution < 1.29 is 4.92 Å². The summed E-state index contributed by atoms with van der Waals surface area (Å²) in [4.78, 5) is 16.9. The van der Waals surface area contributed by atoms with Crippen molar-refractivity contribution in [2.75, 3.05) is 18.0 Å². The van der Waals surface area contributed by atoms with Crippen molar-refractivity contribution in [1.29, 1.82) is 5.26 Å². The van der Waals surface area contributed by atoms with Gasteiger partial charge in [0.2, 0.25) is 5.82 Å². The summed E-state index contributed by atoms with van der Waals surface area (Å²) in [6, 6.07) is 3.51. The minimum atomic E-state index is -0.505. The van der Waals surface area contributed by atoms with Crippen LogP contribution in [0.15, 0.2) is 12.3 Å². The van der Waals surface area contributed by atoms with Gasteiger partial charge >= 0.3 is 5.69 Å². The number of anilines is 1. The van der Waals surface area contributed by atoms with E-state index in [1.807, 2.05) is 11.0 Å².